The molecular formula is C24H33FN6O3. The monoisotopic (exact) mass is 472 g/mol. The first kappa shape index (κ1) is 25.5. The number of carbonyl (C=O) groups excluding carboxylic acids is 2. The topological polar surface area (TPSA) is 124 Å². The van der Waals surface area contributed by atoms with Gasteiger partial charge in [-0.15, -0.1) is 0 Å². The fourth-order valence-electron chi connectivity index (χ4n) is 4.12. The van der Waals surface area contributed by atoms with E-state index in [4.69, 9.17) is 5.73 Å². The molecule has 0 bridgehead atoms. The molecule has 1 unspecified atom stereocenters. The number of aryl methyl sites for hydroxylation is 1. The van der Waals surface area contributed by atoms with Crippen LogP contribution in [0, 0.1) is 12.7 Å². The molecule has 1 fully saturated rings. The average molecular weight is 473 g/mol. The third-order valence-corrected chi connectivity index (χ3v) is 5.92. The molecule has 184 valence electrons. The van der Waals surface area contributed by atoms with Gasteiger partial charge in [-0.2, -0.15) is 0 Å². The average Bonchev–Trinajstić information content (AvgIpc) is 2.78. The number of rotatable bonds is 9. The van der Waals surface area contributed by atoms with E-state index in [0.717, 1.165) is 5.69 Å². The van der Waals surface area contributed by atoms with Crippen molar-refractivity contribution in [1.29, 1.82) is 0 Å². The van der Waals surface area contributed by atoms with Crippen LogP contribution in [0.3, 0.4) is 0 Å². The minimum atomic E-state index is -0.636. The lowest BCUT2D eigenvalue weighted by Crippen LogP contribution is -2.55. The molecule has 2 aromatic rings. The summed E-state index contributed by atoms with van der Waals surface area (Å²) in [4.78, 5) is 31.4. The number of nitrogens with two attached hydrogens (primary N) is 1. The number of nitrogens with one attached hydrogen (secondary N) is 2. The molecule has 5 N–H and O–H groups in total. The van der Waals surface area contributed by atoms with Crippen LogP contribution < -0.4 is 16.4 Å². The number of hydrogen-bond acceptors (Lipinski definition) is 6. The van der Waals surface area contributed by atoms with Gasteiger partial charge in [0.15, 0.2) is 5.82 Å². The third kappa shape index (κ3) is 7.21. The molecule has 0 spiro atoms. The van der Waals surface area contributed by atoms with Gasteiger partial charge in [0.05, 0.1) is 17.6 Å². The van der Waals surface area contributed by atoms with E-state index in [1.807, 2.05) is 18.7 Å². The number of urea groups is 1. The van der Waals surface area contributed by atoms with Crippen LogP contribution >= 0.6 is 0 Å². The second-order valence-electron chi connectivity index (χ2n) is 8.71. The Labute approximate surface area is 199 Å². The van der Waals surface area contributed by atoms with Gasteiger partial charge < -0.3 is 21.5 Å². The van der Waals surface area contributed by atoms with Crippen LogP contribution in [0.15, 0.2) is 36.5 Å². The highest BCUT2D eigenvalue weighted by Gasteiger charge is 2.28. The molecule has 2 heterocycles. The molecule has 10 heteroatoms. The molecule has 1 saturated heterocycles. The smallest absolute Gasteiger partial charge is 0.323 e. The standard InChI is InChI=1S/C24H33FN6O3/c1-16-9-10-19(13-27-16)28-24(34)29-20-6-3-5-18(23(20)25)15-30-11-12-31(17(2)14-30)22(33)8-4-7-21(26)32/h3,5-6,9-10,13,17,22,33H,4,7-8,11-12,14-15H2,1-2H3,(H2,26,32)(H2,28,29,34)/t17-,22?/m1/s1. The molecule has 0 radical (unpaired) electrons. The Kier molecular flexibility index (Phi) is 8.91. The van der Waals surface area contributed by atoms with Crippen LogP contribution in [0.4, 0.5) is 20.6 Å². The van der Waals surface area contributed by atoms with E-state index in [9.17, 15) is 14.7 Å². The van der Waals surface area contributed by atoms with Crippen LogP contribution in [0.2, 0.25) is 0 Å². The van der Waals surface area contributed by atoms with Crippen molar-refractivity contribution in [2.45, 2.75) is 51.9 Å². The highest BCUT2D eigenvalue weighted by atomic mass is 19.1. The van der Waals surface area contributed by atoms with Crippen molar-refractivity contribution in [2.24, 2.45) is 5.73 Å². The minimum absolute atomic E-state index is 0.0654. The van der Waals surface area contributed by atoms with Crippen molar-refractivity contribution in [1.82, 2.24) is 14.8 Å². The zero-order valence-electron chi connectivity index (χ0n) is 19.6. The summed E-state index contributed by atoms with van der Waals surface area (Å²) in [6.07, 6.45) is 2.19. The molecule has 34 heavy (non-hydrogen) atoms. The molecular weight excluding hydrogens is 439 g/mol. The number of carbonyl (C=O) groups is 2. The van der Waals surface area contributed by atoms with Crippen molar-refractivity contribution in [3.8, 4) is 0 Å². The van der Waals surface area contributed by atoms with Gasteiger partial charge in [-0.3, -0.25) is 19.6 Å². The van der Waals surface area contributed by atoms with Gasteiger partial charge in [-0.1, -0.05) is 12.1 Å². The second kappa shape index (κ2) is 11.9. The van der Waals surface area contributed by atoms with Crippen LogP contribution in [-0.4, -0.2) is 63.7 Å². The summed E-state index contributed by atoms with van der Waals surface area (Å²) in [6.45, 7) is 6.20. The number of amides is 3. The molecule has 3 amide bonds. The molecule has 1 aliphatic heterocycles. The van der Waals surface area contributed by atoms with E-state index in [1.165, 1.54) is 12.3 Å². The second-order valence-corrected chi connectivity index (χ2v) is 8.71. The van der Waals surface area contributed by atoms with Gasteiger partial charge in [0.2, 0.25) is 5.91 Å². The molecule has 0 saturated carbocycles. The predicted molar refractivity (Wildman–Crippen MR) is 129 cm³/mol. The Hall–Kier alpha value is -3.08. The Balaban J connectivity index is 1.54. The highest BCUT2D eigenvalue weighted by molar-refractivity contribution is 5.99. The molecule has 1 aromatic carbocycles. The SMILES string of the molecule is Cc1ccc(NC(=O)Nc2cccc(CN3CCN(C(O)CCCC(N)=O)[C@H](C)C3)c2F)cn1. The number of piperazine rings is 1. The summed E-state index contributed by atoms with van der Waals surface area (Å²) >= 11 is 0. The van der Waals surface area contributed by atoms with Gasteiger partial charge in [0.25, 0.3) is 0 Å². The molecule has 9 nitrogen and oxygen atoms in total. The third-order valence-electron chi connectivity index (χ3n) is 5.92. The number of nitrogens with zero attached hydrogens (tertiary/aromatic N) is 3. The largest absolute Gasteiger partial charge is 0.378 e. The zero-order valence-corrected chi connectivity index (χ0v) is 19.6. The van der Waals surface area contributed by atoms with Crippen molar-refractivity contribution in [2.75, 3.05) is 30.3 Å². The Morgan fingerprint density at radius 1 is 1.26 bits per heavy atom. The fourth-order valence-corrected chi connectivity index (χ4v) is 4.12. The normalized spacial score (nSPS) is 17.8. The van der Waals surface area contributed by atoms with Crippen molar-refractivity contribution >= 4 is 23.3 Å². The summed E-state index contributed by atoms with van der Waals surface area (Å²) in [6, 6.07) is 7.96. The van der Waals surface area contributed by atoms with Crippen LogP contribution in [-0.2, 0) is 11.3 Å². The number of hydrogen-bond donors (Lipinski definition) is 4. The Morgan fingerprint density at radius 2 is 2.06 bits per heavy atom. The highest BCUT2D eigenvalue weighted by Crippen LogP contribution is 2.22. The predicted octanol–water partition coefficient (Wildman–Crippen LogP) is 2.65. The zero-order chi connectivity index (χ0) is 24.7. The lowest BCUT2D eigenvalue weighted by atomic mass is 10.1. The number of primary amides is 1. The van der Waals surface area contributed by atoms with E-state index < -0.39 is 18.1 Å². The lowest BCUT2D eigenvalue weighted by Gasteiger charge is -2.42. The number of benzene rings is 1. The molecule has 2 atom stereocenters. The van der Waals surface area contributed by atoms with Crippen molar-refractivity contribution < 1.29 is 19.1 Å². The first-order valence-corrected chi connectivity index (χ1v) is 11.5. The van der Waals surface area contributed by atoms with Gasteiger partial charge in [-0.05, 0) is 44.9 Å². The maximum atomic E-state index is 15.1. The number of aliphatic hydroxyl groups is 1. The molecule has 0 aliphatic carbocycles. The van der Waals surface area contributed by atoms with E-state index in [0.29, 0.717) is 50.3 Å². The van der Waals surface area contributed by atoms with E-state index in [-0.39, 0.29) is 24.1 Å². The first-order valence-electron chi connectivity index (χ1n) is 11.5. The maximum absolute atomic E-state index is 15.1. The molecule has 1 aromatic heterocycles. The maximum Gasteiger partial charge on any atom is 0.323 e. The van der Waals surface area contributed by atoms with Crippen LogP contribution in [0.5, 0.6) is 0 Å². The van der Waals surface area contributed by atoms with Gasteiger partial charge in [0.1, 0.15) is 6.23 Å². The number of halogens is 1. The van der Waals surface area contributed by atoms with Crippen LogP contribution in [0.1, 0.15) is 37.4 Å². The first-order chi connectivity index (χ1) is 16.2. The van der Waals surface area contributed by atoms with Crippen molar-refractivity contribution in [3.05, 3.63) is 53.6 Å². The summed E-state index contributed by atoms with van der Waals surface area (Å²) in [5.41, 5.74) is 7.10. The summed E-state index contributed by atoms with van der Waals surface area (Å²) in [7, 11) is 0. The quantitative estimate of drug-likeness (QED) is 0.445. The minimum Gasteiger partial charge on any atom is -0.378 e. The summed E-state index contributed by atoms with van der Waals surface area (Å²) in [5, 5.41) is 15.7. The summed E-state index contributed by atoms with van der Waals surface area (Å²) in [5.74, 6) is -0.838. The van der Waals surface area contributed by atoms with Gasteiger partial charge in [0, 0.05) is 49.9 Å². The van der Waals surface area contributed by atoms with Crippen molar-refractivity contribution in [3.63, 3.8) is 0 Å². The van der Waals surface area contributed by atoms with Gasteiger partial charge >= 0.3 is 6.03 Å². The van der Waals surface area contributed by atoms with Gasteiger partial charge in [-0.25, -0.2) is 9.18 Å². The van der Waals surface area contributed by atoms with E-state index in [2.05, 4.69) is 20.5 Å². The number of anilines is 2. The van der Waals surface area contributed by atoms with Crippen LogP contribution in [0.25, 0.3) is 0 Å². The molecule has 1 aliphatic rings. The molecule has 3 rings (SSSR count). The Morgan fingerprint density at radius 3 is 2.74 bits per heavy atom. The Bertz CT molecular complexity index is 987. The lowest BCUT2D eigenvalue weighted by molar-refractivity contribution is -0.118. The summed E-state index contributed by atoms with van der Waals surface area (Å²) < 4.78 is 15.1. The van der Waals surface area contributed by atoms with E-state index >= 15 is 4.39 Å². The fraction of sp³-hybridized carbons (Fsp3) is 0.458. The number of aromatic nitrogens is 1. The number of pyridine rings is 1. The van der Waals surface area contributed by atoms with E-state index in [1.54, 1.807) is 24.3 Å². The number of aliphatic hydroxyl groups excluding tert-OH is 1.